The van der Waals surface area contributed by atoms with Crippen molar-refractivity contribution in [2.75, 3.05) is 0 Å². The van der Waals surface area contributed by atoms with Crippen molar-refractivity contribution < 1.29 is 0 Å². The molecule has 0 radical (unpaired) electrons. The molecule has 1 saturated carbocycles. The Morgan fingerprint density at radius 1 is 0.879 bits per heavy atom. The summed E-state index contributed by atoms with van der Waals surface area (Å²) >= 11 is 6.37. The van der Waals surface area contributed by atoms with Crippen LogP contribution < -0.4 is 0 Å². The summed E-state index contributed by atoms with van der Waals surface area (Å²) < 4.78 is 0. The summed E-state index contributed by atoms with van der Waals surface area (Å²) in [4.78, 5) is 8.28. The summed E-state index contributed by atoms with van der Waals surface area (Å²) in [5, 5.41) is 23.9. The van der Waals surface area contributed by atoms with E-state index in [0.29, 0.717) is 33.5 Å². The van der Waals surface area contributed by atoms with Crippen LogP contribution in [-0.4, -0.2) is 9.97 Å². The van der Waals surface area contributed by atoms with E-state index in [1.807, 2.05) is 24.3 Å². The number of hydrogen-bond donors (Lipinski definition) is 1. The van der Waals surface area contributed by atoms with Gasteiger partial charge in [-0.15, -0.1) is 0 Å². The first kappa shape index (κ1) is 19.4. The zero-order valence-electron chi connectivity index (χ0n) is 17.4. The molecule has 1 fully saturated rings. The minimum absolute atomic E-state index is 0.405. The van der Waals surface area contributed by atoms with Crippen LogP contribution in [0.3, 0.4) is 0 Å². The van der Waals surface area contributed by atoms with Crippen molar-refractivity contribution in [3.63, 3.8) is 0 Å². The third-order valence-corrected chi connectivity index (χ3v) is 6.29. The average Bonchev–Trinajstić information content (AvgIpc) is 3.58. The molecule has 1 aliphatic rings. The van der Waals surface area contributed by atoms with Crippen molar-refractivity contribution >= 4 is 44.2 Å². The molecule has 4 aromatic carbocycles. The monoisotopic (exact) mass is 442 g/mol. The molecule has 0 amide bonds. The Hall–Kier alpha value is -4.30. The normalized spacial score (nSPS) is 12.9. The molecule has 1 N–H and O–H groups in total. The van der Waals surface area contributed by atoms with Crippen LogP contribution in [0.1, 0.15) is 29.5 Å². The van der Waals surface area contributed by atoms with Crippen LogP contribution in [0.5, 0.6) is 0 Å². The lowest BCUT2D eigenvalue weighted by Gasteiger charge is -2.07. The molecule has 33 heavy (non-hydrogen) atoms. The Kier molecular flexibility index (Phi) is 4.34. The van der Waals surface area contributed by atoms with Gasteiger partial charge in [0.2, 0.25) is 0 Å². The molecular formula is C28H15ClN4. The number of rotatable bonds is 1. The lowest BCUT2D eigenvalue weighted by atomic mass is 9.98. The fraction of sp³-hybridized carbons (Fsp3) is 0.107. The van der Waals surface area contributed by atoms with Gasteiger partial charge in [0.05, 0.1) is 39.9 Å². The first-order valence-electron chi connectivity index (χ1n) is 10.7. The van der Waals surface area contributed by atoms with Crippen molar-refractivity contribution in [2.24, 2.45) is 5.92 Å². The lowest BCUT2D eigenvalue weighted by Crippen LogP contribution is -1.91. The van der Waals surface area contributed by atoms with Crippen LogP contribution in [0.25, 0.3) is 44.0 Å². The number of nitriles is 2. The topological polar surface area (TPSA) is 76.3 Å². The summed E-state index contributed by atoms with van der Waals surface area (Å²) in [6.45, 7) is 0. The van der Waals surface area contributed by atoms with Crippen LogP contribution in [0, 0.1) is 40.4 Å². The van der Waals surface area contributed by atoms with Gasteiger partial charge in [-0.05, 0) is 60.0 Å². The third-order valence-electron chi connectivity index (χ3n) is 6.06. The van der Waals surface area contributed by atoms with Gasteiger partial charge in [-0.3, -0.25) is 0 Å². The van der Waals surface area contributed by atoms with E-state index >= 15 is 0 Å². The van der Waals surface area contributed by atoms with E-state index in [0.717, 1.165) is 38.1 Å². The smallest absolute Gasteiger partial charge is 0.141 e. The van der Waals surface area contributed by atoms with Gasteiger partial charge in [0.25, 0.3) is 0 Å². The summed E-state index contributed by atoms with van der Waals surface area (Å²) in [6.07, 6.45) is 2.37. The zero-order chi connectivity index (χ0) is 22.5. The Balaban J connectivity index is 1.70. The average molecular weight is 443 g/mol. The quantitative estimate of drug-likeness (QED) is 0.232. The molecular weight excluding hydrogens is 428 g/mol. The number of hydrogen-bond acceptors (Lipinski definition) is 3. The highest BCUT2D eigenvalue weighted by Gasteiger charge is 2.19. The molecule has 154 valence electrons. The first-order valence-corrected chi connectivity index (χ1v) is 11.0. The number of fused-ring (bicyclic) bond motifs is 6. The largest absolute Gasteiger partial charge is 0.337 e. The molecule has 6 rings (SSSR count). The second-order valence-electron chi connectivity index (χ2n) is 8.25. The van der Waals surface area contributed by atoms with Gasteiger partial charge < -0.3 is 4.98 Å². The molecule has 1 heterocycles. The number of nitrogens with zero attached hydrogens (tertiary/aromatic N) is 3. The van der Waals surface area contributed by atoms with Crippen molar-refractivity contribution in [1.29, 1.82) is 10.5 Å². The summed E-state index contributed by atoms with van der Waals surface area (Å²) in [6, 6.07) is 21.4. The zero-order valence-corrected chi connectivity index (χ0v) is 18.2. The van der Waals surface area contributed by atoms with Crippen molar-refractivity contribution in [3.05, 3.63) is 76.3 Å². The standard InChI is InChI=1S/C28H15ClN4/c29-20-9-11-22-24(13-20)23-12-17(7-6-16-4-5-16)8-10-21(23)26-27(22)33-28(32-26)25-18(14-30)2-1-3-19(25)15-31/h1-3,8-13,16H,4-5H2,(H,32,33). The highest BCUT2D eigenvalue weighted by atomic mass is 35.5. The molecule has 0 bridgehead atoms. The van der Waals surface area contributed by atoms with Crippen LogP contribution in [0.4, 0.5) is 0 Å². The Bertz CT molecular complexity index is 1730. The predicted octanol–water partition coefficient (Wildman–Crippen LogP) is 6.69. The van der Waals surface area contributed by atoms with E-state index in [1.54, 1.807) is 18.2 Å². The highest BCUT2D eigenvalue weighted by molar-refractivity contribution is 6.33. The minimum atomic E-state index is 0.405. The number of halogens is 1. The van der Waals surface area contributed by atoms with Crippen molar-refractivity contribution in [1.82, 2.24) is 9.97 Å². The van der Waals surface area contributed by atoms with Gasteiger partial charge in [0.1, 0.15) is 5.82 Å². The SMILES string of the molecule is N#Cc1cccc(C#N)c1-c1nc2c3ccc(Cl)cc3c3cc(C#CC4CC4)ccc3c2[nH]1. The van der Waals surface area contributed by atoms with Gasteiger partial charge in [-0.2, -0.15) is 10.5 Å². The molecule has 0 unspecified atom stereocenters. The number of H-pyrrole nitrogens is 1. The molecule has 4 nitrogen and oxygen atoms in total. The number of benzene rings is 4. The van der Waals surface area contributed by atoms with Gasteiger partial charge in [-0.25, -0.2) is 4.98 Å². The maximum Gasteiger partial charge on any atom is 0.141 e. The van der Waals surface area contributed by atoms with E-state index in [4.69, 9.17) is 16.6 Å². The fourth-order valence-electron chi connectivity index (χ4n) is 4.30. The van der Waals surface area contributed by atoms with Crippen molar-refractivity contribution in [3.8, 4) is 35.4 Å². The molecule has 5 heteroatoms. The minimum Gasteiger partial charge on any atom is -0.337 e. The third kappa shape index (κ3) is 3.19. The molecule has 0 aliphatic heterocycles. The van der Waals surface area contributed by atoms with E-state index in [9.17, 15) is 10.5 Å². The lowest BCUT2D eigenvalue weighted by molar-refractivity contribution is 1.18. The maximum absolute atomic E-state index is 9.64. The second kappa shape index (κ2) is 7.39. The van der Waals surface area contributed by atoms with Crippen LogP contribution in [0.2, 0.25) is 5.02 Å². The molecule has 5 aromatic rings. The molecule has 0 spiro atoms. The van der Waals surface area contributed by atoms with Gasteiger partial charge >= 0.3 is 0 Å². The Morgan fingerprint density at radius 3 is 2.33 bits per heavy atom. The van der Waals surface area contributed by atoms with Gasteiger partial charge in [-0.1, -0.05) is 41.6 Å². The predicted molar refractivity (Wildman–Crippen MR) is 131 cm³/mol. The maximum atomic E-state index is 9.64. The summed E-state index contributed by atoms with van der Waals surface area (Å²) in [5.74, 6) is 7.66. The number of aromatic nitrogens is 2. The second-order valence-corrected chi connectivity index (χ2v) is 8.69. The van der Waals surface area contributed by atoms with E-state index in [2.05, 4.69) is 41.1 Å². The molecule has 0 atom stereocenters. The Morgan fingerprint density at radius 2 is 1.61 bits per heavy atom. The van der Waals surface area contributed by atoms with E-state index < -0.39 is 0 Å². The summed E-state index contributed by atoms with van der Waals surface area (Å²) in [7, 11) is 0. The molecule has 1 aliphatic carbocycles. The highest BCUT2D eigenvalue weighted by Crippen LogP contribution is 2.38. The fourth-order valence-corrected chi connectivity index (χ4v) is 4.47. The van der Waals surface area contributed by atoms with Crippen molar-refractivity contribution in [2.45, 2.75) is 12.8 Å². The Labute approximate surface area is 195 Å². The van der Waals surface area contributed by atoms with E-state index in [-0.39, 0.29) is 0 Å². The molecule has 1 aromatic heterocycles. The molecule has 0 saturated heterocycles. The van der Waals surface area contributed by atoms with Crippen LogP contribution in [0.15, 0.2) is 54.6 Å². The van der Waals surface area contributed by atoms with Gasteiger partial charge in [0, 0.05) is 27.3 Å². The van der Waals surface area contributed by atoms with Crippen LogP contribution in [-0.2, 0) is 0 Å². The van der Waals surface area contributed by atoms with Gasteiger partial charge in [0.15, 0.2) is 0 Å². The first-order chi connectivity index (χ1) is 16.2. The number of aromatic amines is 1. The summed E-state index contributed by atoms with van der Waals surface area (Å²) in [5.41, 5.74) is 3.92. The van der Waals surface area contributed by atoms with Crippen LogP contribution >= 0.6 is 11.6 Å². The van der Waals surface area contributed by atoms with E-state index in [1.165, 1.54) is 12.8 Å². The number of nitrogens with one attached hydrogen (secondary N) is 1. The number of imidazole rings is 1.